The molecule has 0 aliphatic rings. The van der Waals surface area contributed by atoms with Crippen molar-refractivity contribution in [1.82, 2.24) is 4.98 Å². The molecular weight excluding hydrogens is 302 g/mol. The number of carbonyl (C=O) groups excluding carboxylic acids is 1. The lowest BCUT2D eigenvalue weighted by atomic mass is 10.2. The molecule has 124 valence electrons. The third-order valence-electron chi connectivity index (χ3n) is 3.43. The van der Waals surface area contributed by atoms with E-state index in [1.807, 2.05) is 37.3 Å². The molecule has 24 heavy (non-hydrogen) atoms. The van der Waals surface area contributed by atoms with E-state index in [2.05, 4.69) is 11.9 Å². The Labute approximate surface area is 141 Å². The lowest BCUT2D eigenvalue weighted by molar-refractivity contribution is 0.112. The van der Waals surface area contributed by atoms with Gasteiger partial charge >= 0.3 is 0 Å². The van der Waals surface area contributed by atoms with Crippen LogP contribution < -0.4 is 0 Å². The maximum Gasteiger partial charge on any atom is 0.226 e. The first kappa shape index (κ1) is 17.5. The molecule has 0 aliphatic carbocycles. The molecule has 1 aromatic heterocycles. The summed E-state index contributed by atoms with van der Waals surface area (Å²) < 4.78 is 5.64. The average molecular weight is 323 g/mol. The molecular formula is C20H21NO3. The highest BCUT2D eigenvalue weighted by Gasteiger charge is 2.09. The summed E-state index contributed by atoms with van der Waals surface area (Å²) in [5.41, 5.74) is 2.70. The fraction of sp³-hybridized carbons (Fsp3) is 0.200. The summed E-state index contributed by atoms with van der Waals surface area (Å²) >= 11 is 0. The number of hydrogen-bond acceptors (Lipinski definition) is 4. The van der Waals surface area contributed by atoms with Gasteiger partial charge in [0, 0.05) is 11.1 Å². The smallest absolute Gasteiger partial charge is 0.226 e. The van der Waals surface area contributed by atoms with Crippen LogP contribution in [0.5, 0.6) is 5.75 Å². The Bertz CT molecular complexity index is 761. The first-order chi connectivity index (χ1) is 11.6. The Morgan fingerprint density at radius 1 is 1.08 bits per heavy atom. The second-order valence-electron chi connectivity index (χ2n) is 5.35. The molecule has 0 amide bonds. The van der Waals surface area contributed by atoms with Crippen molar-refractivity contribution >= 4 is 6.29 Å². The van der Waals surface area contributed by atoms with E-state index in [0.29, 0.717) is 5.56 Å². The van der Waals surface area contributed by atoms with Crippen LogP contribution in [0.3, 0.4) is 0 Å². The van der Waals surface area contributed by atoms with Gasteiger partial charge in [-0.25, -0.2) is 4.98 Å². The number of aromatic nitrogens is 1. The molecule has 3 rings (SSSR count). The number of carbonyl (C=O) groups is 1. The maximum absolute atomic E-state index is 10.0. The zero-order valence-electron chi connectivity index (χ0n) is 13.9. The van der Waals surface area contributed by atoms with E-state index in [9.17, 15) is 4.79 Å². The lowest BCUT2D eigenvalue weighted by Crippen LogP contribution is -1.85. The van der Waals surface area contributed by atoms with E-state index >= 15 is 0 Å². The van der Waals surface area contributed by atoms with Crippen LogP contribution >= 0.6 is 0 Å². The highest BCUT2D eigenvalue weighted by atomic mass is 16.4. The number of phenolic OH excluding ortho intramolecular Hbond substituents is 1. The molecule has 0 spiro atoms. The second kappa shape index (κ2) is 8.67. The number of aryl methyl sites for hydroxylation is 2. The van der Waals surface area contributed by atoms with Gasteiger partial charge in [0.25, 0.3) is 0 Å². The highest BCUT2D eigenvalue weighted by molar-refractivity contribution is 5.74. The van der Waals surface area contributed by atoms with Crippen molar-refractivity contribution in [3.8, 4) is 17.2 Å². The minimum Gasteiger partial charge on any atom is -0.508 e. The number of oxazole rings is 1. The van der Waals surface area contributed by atoms with Crippen molar-refractivity contribution in [3.05, 3.63) is 71.6 Å². The molecule has 0 saturated carbocycles. The van der Waals surface area contributed by atoms with Crippen LogP contribution in [0.2, 0.25) is 0 Å². The molecule has 0 radical (unpaired) electrons. The number of aldehydes is 1. The Balaban J connectivity index is 0.000000198. The summed E-state index contributed by atoms with van der Waals surface area (Å²) in [5.74, 6) is 1.85. The topological polar surface area (TPSA) is 63.3 Å². The van der Waals surface area contributed by atoms with Gasteiger partial charge in [0.15, 0.2) is 0 Å². The van der Waals surface area contributed by atoms with Gasteiger partial charge in [0.05, 0.1) is 5.69 Å². The van der Waals surface area contributed by atoms with Crippen LogP contribution in [-0.2, 0) is 6.42 Å². The van der Waals surface area contributed by atoms with E-state index in [1.165, 1.54) is 12.1 Å². The predicted molar refractivity (Wildman–Crippen MR) is 94.2 cm³/mol. The van der Waals surface area contributed by atoms with Crippen LogP contribution in [0.15, 0.2) is 59.0 Å². The third-order valence-corrected chi connectivity index (χ3v) is 3.43. The monoisotopic (exact) mass is 323 g/mol. The molecule has 0 saturated heterocycles. The number of aromatic hydroxyl groups is 1. The minimum atomic E-state index is 0.181. The maximum atomic E-state index is 10.0. The van der Waals surface area contributed by atoms with Gasteiger partial charge in [-0.05, 0) is 49.7 Å². The summed E-state index contributed by atoms with van der Waals surface area (Å²) in [5, 5.41) is 8.74. The fourth-order valence-corrected chi connectivity index (χ4v) is 2.15. The van der Waals surface area contributed by atoms with Gasteiger partial charge in [-0.3, -0.25) is 4.79 Å². The summed E-state index contributed by atoms with van der Waals surface area (Å²) in [6, 6.07) is 16.1. The van der Waals surface area contributed by atoms with Crippen LogP contribution in [0.25, 0.3) is 11.5 Å². The molecule has 0 bridgehead atoms. The molecule has 0 atom stereocenters. The summed E-state index contributed by atoms with van der Waals surface area (Å²) in [6.45, 7) is 4.13. The minimum absolute atomic E-state index is 0.181. The molecule has 2 aromatic carbocycles. The summed E-state index contributed by atoms with van der Waals surface area (Å²) in [4.78, 5) is 14.5. The average Bonchev–Trinajstić information content (AvgIpc) is 2.98. The van der Waals surface area contributed by atoms with Gasteiger partial charge in [-0.2, -0.15) is 0 Å². The number of rotatable bonds is 4. The Morgan fingerprint density at radius 2 is 1.75 bits per heavy atom. The van der Waals surface area contributed by atoms with Crippen LogP contribution in [0.4, 0.5) is 0 Å². The summed E-state index contributed by atoms with van der Waals surface area (Å²) in [7, 11) is 0. The standard InChI is InChI=1S/C13H15NO.C7H6O2/c1-3-7-12-10(2)15-13(14-12)11-8-5-4-6-9-11;8-5-6-1-3-7(9)4-2-6/h4-6,8-9H,3,7H2,1-2H3;1-5,9H. The molecule has 0 fully saturated rings. The SMILES string of the molecule is CCCc1nc(-c2ccccc2)oc1C.O=Cc1ccc(O)cc1. The molecule has 0 unspecified atom stereocenters. The lowest BCUT2D eigenvalue weighted by Gasteiger charge is -1.92. The van der Waals surface area contributed by atoms with Gasteiger partial charge in [-0.1, -0.05) is 31.5 Å². The quantitative estimate of drug-likeness (QED) is 0.700. The van der Waals surface area contributed by atoms with Gasteiger partial charge < -0.3 is 9.52 Å². The Morgan fingerprint density at radius 3 is 2.33 bits per heavy atom. The van der Waals surface area contributed by atoms with Crippen molar-refractivity contribution in [2.75, 3.05) is 0 Å². The van der Waals surface area contributed by atoms with Gasteiger partial charge in [-0.15, -0.1) is 0 Å². The van der Waals surface area contributed by atoms with E-state index < -0.39 is 0 Å². The zero-order valence-corrected chi connectivity index (χ0v) is 13.9. The number of benzene rings is 2. The number of phenols is 1. The number of nitrogens with zero attached hydrogens (tertiary/aromatic N) is 1. The fourth-order valence-electron chi connectivity index (χ4n) is 2.15. The second-order valence-corrected chi connectivity index (χ2v) is 5.35. The summed E-state index contributed by atoms with van der Waals surface area (Å²) in [6.07, 6.45) is 2.82. The molecule has 0 aliphatic heterocycles. The van der Waals surface area contributed by atoms with Gasteiger partial charge in [0.2, 0.25) is 5.89 Å². The Kier molecular flexibility index (Phi) is 6.32. The first-order valence-corrected chi connectivity index (χ1v) is 7.90. The molecule has 1 heterocycles. The molecule has 1 N–H and O–H groups in total. The van der Waals surface area contributed by atoms with Crippen LogP contribution in [0, 0.1) is 6.92 Å². The molecule has 4 nitrogen and oxygen atoms in total. The van der Waals surface area contributed by atoms with E-state index in [1.54, 1.807) is 12.1 Å². The van der Waals surface area contributed by atoms with Gasteiger partial charge in [0.1, 0.15) is 17.8 Å². The van der Waals surface area contributed by atoms with E-state index in [-0.39, 0.29) is 5.75 Å². The van der Waals surface area contributed by atoms with Crippen molar-refractivity contribution in [1.29, 1.82) is 0 Å². The van der Waals surface area contributed by atoms with Crippen LogP contribution in [-0.4, -0.2) is 16.4 Å². The zero-order chi connectivity index (χ0) is 17.4. The van der Waals surface area contributed by atoms with Crippen LogP contribution in [0.1, 0.15) is 35.2 Å². The number of hydrogen-bond donors (Lipinski definition) is 1. The normalized spacial score (nSPS) is 9.92. The Hall–Kier alpha value is -2.88. The van der Waals surface area contributed by atoms with E-state index in [0.717, 1.165) is 42.0 Å². The molecule has 3 aromatic rings. The first-order valence-electron chi connectivity index (χ1n) is 7.90. The predicted octanol–water partition coefficient (Wildman–Crippen LogP) is 4.81. The third kappa shape index (κ3) is 4.81. The largest absolute Gasteiger partial charge is 0.508 e. The van der Waals surface area contributed by atoms with Crippen molar-refractivity contribution < 1.29 is 14.3 Å². The highest BCUT2D eigenvalue weighted by Crippen LogP contribution is 2.21. The van der Waals surface area contributed by atoms with Crippen molar-refractivity contribution in [2.24, 2.45) is 0 Å². The van der Waals surface area contributed by atoms with Crippen molar-refractivity contribution in [3.63, 3.8) is 0 Å². The van der Waals surface area contributed by atoms with E-state index in [4.69, 9.17) is 9.52 Å². The van der Waals surface area contributed by atoms with Crippen molar-refractivity contribution in [2.45, 2.75) is 26.7 Å². The molecule has 4 heteroatoms.